The van der Waals surface area contributed by atoms with E-state index in [-0.39, 0.29) is 0 Å². The Morgan fingerprint density at radius 2 is 2.17 bits per heavy atom. The minimum atomic E-state index is -0.443. The molecule has 18 heavy (non-hydrogen) atoms. The minimum Gasteiger partial charge on any atom is -0.397 e. The van der Waals surface area contributed by atoms with Crippen molar-refractivity contribution in [3.63, 3.8) is 0 Å². The Hall–Kier alpha value is -1.36. The number of carbonyl (C=O) groups is 1. The maximum Gasteiger partial charge on any atom is 0.250 e. The van der Waals surface area contributed by atoms with Crippen LogP contribution in [-0.2, 0) is 0 Å². The number of benzene rings is 1. The standard InChI is InChI=1S/C13H21N3OS/c1-9(7-8-18-3)16(2)12-10(13(15)17)5-4-6-11(12)14/h4-6,9H,7-8,14H2,1-3H3,(H2,15,17). The van der Waals surface area contributed by atoms with E-state index >= 15 is 0 Å². The smallest absolute Gasteiger partial charge is 0.250 e. The highest BCUT2D eigenvalue weighted by atomic mass is 32.2. The van der Waals surface area contributed by atoms with Crippen LogP contribution in [0.5, 0.6) is 0 Å². The lowest BCUT2D eigenvalue weighted by Crippen LogP contribution is -2.32. The van der Waals surface area contributed by atoms with E-state index in [1.165, 1.54) is 0 Å². The number of nitrogen functional groups attached to an aromatic ring is 1. The summed E-state index contributed by atoms with van der Waals surface area (Å²) in [5.41, 5.74) is 13.2. The molecule has 1 amide bonds. The molecule has 0 aliphatic heterocycles. The van der Waals surface area contributed by atoms with Gasteiger partial charge in [0.2, 0.25) is 0 Å². The van der Waals surface area contributed by atoms with Gasteiger partial charge >= 0.3 is 0 Å². The highest BCUT2D eigenvalue weighted by Gasteiger charge is 2.18. The number of rotatable bonds is 6. The summed E-state index contributed by atoms with van der Waals surface area (Å²) >= 11 is 1.81. The van der Waals surface area contributed by atoms with Crippen LogP contribution in [0.2, 0.25) is 0 Å². The lowest BCUT2D eigenvalue weighted by Gasteiger charge is -2.29. The topological polar surface area (TPSA) is 72.3 Å². The molecule has 0 fully saturated rings. The Morgan fingerprint density at radius 1 is 1.50 bits per heavy atom. The number of thioether (sulfide) groups is 1. The van der Waals surface area contributed by atoms with Crippen LogP contribution >= 0.6 is 11.8 Å². The van der Waals surface area contributed by atoms with E-state index in [1.807, 2.05) is 23.7 Å². The summed E-state index contributed by atoms with van der Waals surface area (Å²) in [7, 11) is 1.95. The van der Waals surface area contributed by atoms with Gasteiger partial charge in [-0.05, 0) is 37.5 Å². The molecule has 1 rings (SSSR count). The summed E-state index contributed by atoms with van der Waals surface area (Å²) in [6.07, 6.45) is 3.11. The Kier molecular flexibility index (Phi) is 5.34. The molecule has 0 radical (unpaired) electrons. The van der Waals surface area contributed by atoms with Crippen LogP contribution in [0.15, 0.2) is 18.2 Å². The summed E-state index contributed by atoms with van der Waals surface area (Å²) in [5.74, 6) is 0.630. The molecule has 0 spiro atoms. The fraction of sp³-hybridized carbons (Fsp3) is 0.462. The second-order valence-corrected chi connectivity index (χ2v) is 5.33. The van der Waals surface area contributed by atoms with Crippen molar-refractivity contribution >= 4 is 29.0 Å². The Balaban J connectivity index is 3.03. The lowest BCUT2D eigenvalue weighted by atomic mass is 10.1. The number of primary amides is 1. The van der Waals surface area contributed by atoms with Gasteiger partial charge in [0.1, 0.15) is 0 Å². The first-order valence-corrected chi connectivity index (χ1v) is 7.28. The molecule has 5 heteroatoms. The van der Waals surface area contributed by atoms with E-state index in [0.717, 1.165) is 17.9 Å². The Labute approximate surface area is 113 Å². The quantitative estimate of drug-likeness (QED) is 0.773. The zero-order chi connectivity index (χ0) is 13.7. The number of para-hydroxylation sites is 1. The summed E-state index contributed by atoms with van der Waals surface area (Å²) in [6.45, 7) is 2.12. The first kappa shape index (κ1) is 14.7. The van der Waals surface area contributed by atoms with Gasteiger partial charge in [0.25, 0.3) is 5.91 Å². The third-order valence-electron chi connectivity index (χ3n) is 3.09. The van der Waals surface area contributed by atoms with Crippen molar-refractivity contribution in [2.24, 2.45) is 5.73 Å². The van der Waals surface area contributed by atoms with Gasteiger partial charge in [0, 0.05) is 13.1 Å². The number of anilines is 2. The first-order valence-electron chi connectivity index (χ1n) is 5.89. The molecule has 0 bridgehead atoms. The SMILES string of the molecule is CSCCC(C)N(C)c1c(N)cccc1C(N)=O. The number of carbonyl (C=O) groups excluding carboxylic acids is 1. The molecule has 0 saturated heterocycles. The zero-order valence-corrected chi connectivity index (χ0v) is 12.0. The van der Waals surface area contributed by atoms with Crippen molar-refractivity contribution in [3.05, 3.63) is 23.8 Å². The summed E-state index contributed by atoms with van der Waals surface area (Å²) in [4.78, 5) is 13.5. The van der Waals surface area contributed by atoms with Crippen molar-refractivity contribution in [1.82, 2.24) is 0 Å². The van der Waals surface area contributed by atoms with E-state index in [1.54, 1.807) is 18.2 Å². The molecule has 1 atom stereocenters. The van der Waals surface area contributed by atoms with E-state index in [0.29, 0.717) is 17.3 Å². The fourth-order valence-corrected chi connectivity index (χ4v) is 2.43. The van der Waals surface area contributed by atoms with Crippen molar-refractivity contribution in [2.75, 3.05) is 29.7 Å². The maximum absolute atomic E-state index is 11.5. The van der Waals surface area contributed by atoms with Gasteiger partial charge in [-0.1, -0.05) is 6.07 Å². The highest BCUT2D eigenvalue weighted by molar-refractivity contribution is 7.98. The molecule has 100 valence electrons. The number of hydrogen-bond acceptors (Lipinski definition) is 4. The zero-order valence-electron chi connectivity index (χ0n) is 11.1. The average Bonchev–Trinajstić information content (AvgIpc) is 2.34. The molecule has 1 unspecified atom stereocenters. The van der Waals surface area contributed by atoms with Crippen LogP contribution in [0.1, 0.15) is 23.7 Å². The van der Waals surface area contributed by atoms with Crippen molar-refractivity contribution in [1.29, 1.82) is 0 Å². The molecular weight excluding hydrogens is 246 g/mol. The number of amides is 1. The molecule has 1 aromatic rings. The number of nitrogens with zero attached hydrogens (tertiary/aromatic N) is 1. The van der Waals surface area contributed by atoms with E-state index in [9.17, 15) is 4.79 Å². The number of hydrogen-bond donors (Lipinski definition) is 2. The van der Waals surface area contributed by atoms with Gasteiger partial charge in [0.05, 0.1) is 16.9 Å². The van der Waals surface area contributed by atoms with E-state index in [4.69, 9.17) is 11.5 Å². The Morgan fingerprint density at radius 3 is 2.72 bits per heavy atom. The van der Waals surface area contributed by atoms with Crippen LogP contribution in [0.4, 0.5) is 11.4 Å². The van der Waals surface area contributed by atoms with E-state index < -0.39 is 5.91 Å². The van der Waals surface area contributed by atoms with E-state index in [2.05, 4.69) is 13.2 Å². The summed E-state index contributed by atoms with van der Waals surface area (Å²) in [6, 6.07) is 5.56. The van der Waals surface area contributed by atoms with Crippen molar-refractivity contribution in [3.8, 4) is 0 Å². The van der Waals surface area contributed by atoms with Gasteiger partial charge in [0.15, 0.2) is 0 Å². The molecule has 0 saturated carbocycles. The van der Waals surface area contributed by atoms with Crippen LogP contribution in [-0.4, -0.2) is 31.0 Å². The minimum absolute atomic E-state index is 0.306. The predicted octanol–water partition coefficient (Wildman–Crippen LogP) is 1.95. The molecule has 0 aromatic heterocycles. The number of nitrogens with two attached hydrogens (primary N) is 2. The van der Waals surface area contributed by atoms with Crippen LogP contribution in [0.3, 0.4) is 0 Å². The predicted molar refractivity (Wildman–Crippen MR) is 80.2 cm³/mol. The summed E-state index contributed by atoms with van der Waals surface area (Å²) in [5, 5.41) is 0. The molecular formula is C13H21N3OS. The monoisotopic (exact) mass is 267 g/mol. The highest BCUT2D eigenvalue weighted by Crippen LogP contribution is 2.29. The first-order chi connectivity index (χ1) is 8.49. The van der Waals surface area contributed by atoms with Gasteiger partial charge in [-0.3, -0.25) is 4.79 Å². The molecule has 0 aliphatic carbocycles. The largest absolute Gasteiger partial charge is 0.397 e. The second kappa shape index (κ2) is 6.54. The molecule has 4 nitrogen and oxygen atoms in total. The fourth-order valence-electron chi connectivity index (χ4n) is 1.86. The van der Waals surface area contributed by atoms with Gasteiger partial charge < -0.3 is 16.4 Å². The maximum atomic E-state index is 11.5. The molecule has 0 aliphatic rings. The summed E-state index contributed by atoms with van der Waals surface area (Å²) < 4.78 is 0. The molecule has 0 heterocycles. The normalized spacial score (nSPS) is 12.2. The molecule has 1 aromatic carbocycles. The van der Waals surface area contributed by atoms with Crippen LogP contribution in [0.25, 0.3) is 0 Å². The third kappa shape index (κ3) is 3.32. The third-order valence-corrected chi connectivity index (χ3v) is 3.73. The van der Waals surface area contributed by atoms with Gasteiger partial charge in [-0.2, -0.15) is 11.8 Å². The second-order valence-electron chi connectivity index (χ2n) is 4.35. The van der Waals surface area contributed by atoms with Crippen molar-refractivity contribution < 1.29 is 4.79 Å². The average molecular weight is 267 g/mol. The van der Waals surface area contributed by atoms with Crippen LogP contribution < -0.4 is 16.4 Å². The molecule has 4 N–H and O–H groups in total. The van der Waals surface area contributed by atoms with Crippen molar-refractivity contribution in [2.45, 2.75) is 19.4 Å². The lowest BCUT2D eigenvalue weighted by molar-refractivity contribution is 0.100. The Bertz CT molecular complexity index is 423. The van der Waals surface area contributed by atoms with Crippen LogP contribution in [0, 0.1) is 0 Å². The van der Waals surface area contributed by atoms with Gasteiger partial charge in [-0.15, -0.1) is 0 Å². The van der Waals surface area contributed by atoms with Gasteiger partial charge in [-0.25, -0.2) is 0 Å².